The molecule has 0 radical (unpaired) electrons. The van der Waals surface area contributed by atoms with Crippen LogP contribution in [0, 0.1) is 0 Å². The number of amides is 1. The predicted molar refractivity (Wildman–Crippen MR) is 93.2 cm³/mol. The Bertz CT molecular complexity index is 827. The molecule has 7 heteroatoms. The van der Waals surface area contributed by atoms with E-state index in [0.717, 1.165) is 48.5 Å². The van der Waals surface area contributed by atoms with E-state index in [1.807, 2.05) is 37.4 Å². The van der Waals surface area contributed by atoms with Crippen LogP contribution in [-0.2, 0) is 24.9 Å². The Kier molecular flexibility index (Phi) is 4.01. The van der Waals surface area contributed by atoms with Crippen molar-refractivity contribution in [2.24, 2.45) is 17.9 Å². The molecule has 0 saturated carbocycles. The molecular weight excluding hydrogens is 318 g/mol. The van der Waals surface area contributed by atoms with E-state index >= 15 is 0 Å². The van der Waals surface area contributed by atoms with E-state index < -0.39 is 5.91 Å². The molecule has 2 N–H and O–H groups in total. The van der Waals surface area contributed by atoms with Gasteiger partial charge in [0.2, 0.25) is 0 Å². The minimum absolute atomic E-state index is 0.0328. The van der Waals surface area contributed by atoms with E-state index in [-0.39, 0.29) is 6.10 Å². The van der Waals surface area contributed by atoms with Crippen molar-refractivity contribution in [2.45, 2.75) is 25.5 Å². The highest BCUT2D eigenvalue weighted by molar-refractivity contribution is 6.01. The Morgan fingerprint density at radius 3 is 2.92 bits per heavy atom. The van der Waals surface area contributed by atoms with Gasteiger partial charge in [-0.1, -0.05) is 35.5 Å². The minimum Gasteiger partial charge on any atom is -0.390 e. The fourth-order valence-electron chi connectivity index (χ4n) is 3.62. The van der Waals surface area contributed by atoms with Crippen molar-refractivity contribution in [1.82, 2.24) is 14.7 Å². The van der Waals surface area contributed by atoms with Crippen molar-refractivity contribution in [3.63, 3.8) is 0 Å². The molecule has 1 aromatic heterocycles. The van der Waals surface area contributed by atoms with Gasteiger partial charge in [0.25, 0.3) is 5.91 Å². The van der Waals surface area contributed by atoms with Crippen molar-refractivity contribution < 1.29 is 9.63 Å². The Morgan fingerprint density at radius 2 is 2.16 bits per heavy atom. The first kappa shape index (κ1) is 15.8. The van der Waals surface area contributed by atoms with E-state index in [9.17, 15) is 4.79 Å². The van der Waals surface area contributed by atoms with Crippen molar-refractivity contribution in [2.75, 3.05) is 13.1 Å². The third-order valence-electron chi connectivity index (χ3n) is 4.86. The van der Waals surface area contributed by atoms with Crippen molar-refractivity contribution in [1.29, 1.82) is 0 Å². The lowest BCUT2D eigenvalue weighted by molar-refractivity contribution is 0.0485. The zero-order valence-electron chi connectivity index (χ0n) is 14.2. The summed E-state index contributed by atoms with van der Waals surface area (Å²) >= 11 is 0. The molecule has 0 saturated heterocycles. The standard InChI is InChI=1S/C18H21N5O2/c1-22-16-7-8-23(11-14(16)17(20-22)18(19)24)10-13-9-15(21-25-13)12-5-3-2-4-6-12/h2-6,13H,7-11H2,1H3,(H2,19,24)/t13-/m0/s1. The number of fused-ring (bicyclic) bond motifs is 1. The molecule has 0 unspecified atom stereocenters. The lowest BCUT2D eigenvalue weighted by Crippen LogP contribution is -2.37. The Hall–Kier alpha value is -2.67. The number of hydrogen-bond acceptors (Lipinski definition) is 5. The zero-order valence-corrected chi connectivity index (χ0v) is 14.2. The van der Waals surface area contributed by atoms with Gasteiger partial charge >= 0.3 is 0 Å². The van der Waals surface area contributed by atoms with Gasteiger partial charge < -0.3 is 10.6 Å². The Labute approximate surface area is 146 Å². The number of benzene rings is 1. The van der Waals surface area contributed by atoms with Crippen molar-refractivity contribution >= 4 is 11.6 Å². The fraction of sp³-hybridized carbons (Fsp3) is 0.389. The predicted octanol–water partition coefficient (Wildman–Crippen LogP) is 1.07. The highest BCUT2D eigenvalue weighted by Gasteiger charge is 2.30. The van der Waals surface area contributed by atoms with E-state index in [4.69, 9.17) is 10.6 Å². The lowest BCUT2D eigenvalue weighted by Gasteiger charge is -2.28. The van der Waals surface area contributed by atoms with Crippen LogP contribution >= 0.6 is 0 Å². The average Bonchev–Trinajstić information content (AvgIpc) is 3.21. The number of aryl methyl sites for hydroxylation is 1. The van der Waals surface area contributed by atoms with Crippen molar-refractivity contribution in [3.8, 4) is 0 Å². The van der Waals surface area contributed by atoms with E-state index in [1.165, 1.54) is 0 Å². The second-order valence-electron chi connectivity index (χ2n) is 6.58. The van der Waals surface area contributed by atoms with Gasteiger partial charge in [0, 0.05) is 50.8 Å². The molecule has 1 aromatic carbocycles. The largest absolute Gasteiger partial charge is 0.390 e. The maximum absolute atomic E-state index is 11.6. The molecule has 2 aromatic rings. The molecule has 4 rings (SSSR count). The fourth-order valence-corrected chi connectivity index (χ4v) is 3.62. The number of oxime groups is 1. The maximum Gasteiger partial charge on any atom is 0.269 e. The molecular formula is C18H21N5O2. The Balaban J connectivity index is 1.42. The topological polar surface area (TPSA) is 85.7 Å². The molecule has 1 atom stereocenters. The van der Waals surface area contributed by atoms with Gasteiger partial charge in [0.1, 0.15) is 6.10 Å². The van der Waals surface area contributed by atoms with Gasteiger partial charge in [-0.05, 0) is 5.56 Å². The maximum atomic E-state index is 11.6. The van der Waals surface area contributed by atoms with Crippen molar-refractivity contribution in [3.05, 3.63) is 52.8 Å². The summed E-state index contributed by atoms with van der Waals surface area (Å²) in [5, 5.41) is 8.52. The third-order valence-corrected chi connectivity index (χ3v) is 4.86. The molecule has 0 aliphatic carbocycles. The number of rotatable bonds is 4. The summed E-state index contributed by atoms with van der Waals surface area (Å²) in [6.07, 6.45) is 1.68. The number of carbonyl (C=O) groups excluding carboxylic acids is 1. The van der Waals surface area contributed by atoms with Crippen LogP contribution in [0.2, 0.25) is 0 Å². The van der Waals surface area contributed by atoms with Crippen LogP contribution in [0.4, 0.5) is 0 Å². The highest BCUT2D eigenvalue weighted by atomic mass is 16.6. The van der Waals surface area contributed by atoms with Gasteiger partial charge in [-0.25, -0.2) is 0 Å². The van der Waals surface area contributed by atoms with Crippen LogP contribution in [0.15, 0.2) is 35.5 Å². The smallest absolute Gasteiger partial charge is 0.269 e. The molecule has 0 spiro atoms. The summed E-state index contributed by atoms with van der Waals surface area (Å²) in [5.41, 5.74) is 9.99. The first-order valence-corrected chi connectivity index (χ1v) is 8.47. The van der Waals surface area contributed by atoms with Crippen LogP contribution in [-0.4, -0.2) is 45.5 Å². The molecule has 7 nitrogen and oxygen atoms in total. The van der Waals surface area contributed by atoms with Crippen LogP contribution in [0.1, 0.15) is 33.7 Å². The molecule has 25 heavy (non-hydrogen) atoms. The molecule has 2 aliphatic rings. The quantitative estimate of drug-likeness (QED) is 0.903. The van der Waals surface area contributed by atoms with Gasteiger partial charge in [-0.15, -0.1) is 0 Å². The van der Waals surface area contributed by atoms with Crippen LogP contribution in [0.3, 0.4) is 0 Å². The molecule has 130 valence electrons. The van der Waals surface area contributed by atoms with E-state index in [2.05, 4.69) is 15.2 Å². The first-order valence-electron chi connectivity index (χ1n) is 8.47. The molecule has 3 heterocycles. The number of primary amides is 1. The van der Waals surface area contributed by atoms with Gasteiger partial charge in [-0.2, -0.15) is 5.10 Å². The number of nitrogens with zero attached hydrogens (tertiary/aromatic N) is 4. The summed E-state index contributed by atoms with van der Waals surface area (Å²) in [4.78, 5) is 19.5. The lowest BCUT2D eigenvalue weighted by atomic mass is 10.0. The summed E-state index contributed by atoms with van der Waals surface area (Å²) in [5.74, 6) is -0.467. The van der Waals surface area contributed by atoms with Crippen LogP contribution in [0.25, 0.3) is 0 Å². The second-order valence-corrected chi connectivity index (χ2v) is 6.58. The first-order chi connectivity index (χ1) is 12.1. The SMILES string of the molecule is Cn1nc(C(N)=O)c2c1CCN(C[C@@H]1CC(c3ccccc3)=NO1)C2. The van der Waals surface area contributed by atoms with Gasteiger partial charge in [0.15, 0.2) is 5.69 Å². The second kappa shape index (κ2) is 6.33. The van der Waals surface area contributed by atoms with E-state index in [0.29, 0.717) is 12.2 Å². The molecule has 0 bridgehead atoms. The van der Waals surface area contributed by atoms with Gasteiger partial charge in [-0.3, -0.25) is 14.4 Å². The molecule has 2 aliphatic heterocycles. The zero-order chi connectivity index (χ0) is 17.4. The van der Waals surface area contributed by atoms with Crippen LogP contribution in [0.5, 0.6) is 0 Å². The number of nitrogens with two attached hydrogens (primary N) is 1. The summed E-state index contributed by atoms with van der Waals surface area (Å²) in [7, 11) is 1.86. The summed E-state index contributed by atoms with van der Waals surface area (Å²) in [6.45, 7) is 2.35. The summed E-state index contributed by atoms with van der Waals surface area (Å²) in [6, 6.07) is 10.1. The number of carbonyl (C=O) groups is 1. The number of hydrogen-bond donors (Lipinski definition) is 1. The normalized spacial score (nSPS) is 20.0. The third kappa shape index (κ3) is 3.02. The minimum atomic E-state index is -0.467. The number of aromatic nitrogens is 2. The highest BCUT2D eigenvalue weighted by Crippen LogP contribution is 2.24. The van der Waals surface area contributed by atoms with E-state index in [1.54, 1.807) is 4.68 Å². The summed E-state index contributed by atoms with van der Waals surface area (Å²) < 4.78 is 1.77. The monoisotopic (exact) mass is 339 g/mol. The van der Waals surface area contributed by atoms with Crippen LogP contribution < -0.4 is 5.73 Å². The Morgan fingerprint density at radius 1 is 1.36 bits per heavy atom. The van der Waals surface area contributed by atoms with Gasteiger partial charge in [0.05, 0.1) is 5.71 Å². The average molecular weight is 339 g/mol. The molecule has 1 amide bonds. The molecule has 0 fully saturated rings.